The Morgan fingerprint density at radius 3 is 3.00 bits per heavy atom. The highest BCUT2D eigenvalue weighted by atomic mass is 79.9. The third-order valence-electron chi connectivity index (χ3n) is 5.06. The van der Waals surface area contributed by atoms with E-state index in [0.717, 1.165) is 16.6 Å². The molecule has 1 aromatic carbocycles. The fourth-order valence-electron chi connectivity index (χ4n) is 3.63. The van der Waals surface area contributed by atoms with Gasteiger partial charge >= 0.3 is 0 Å². The number of amidine groups is 1. The van der Waals surface area contributed by atoms with Crippen molar-refractivity contribution in [2.45, 2.75) is 12.0 Å². The SMILES string of the molecule is NC1=N[C@@]2(c3cc(NC(=O)c4ncc(Br)cc4Br)ccc3F)COCC[C@H]2CS1. The van der Waals surface area contributed by atoms with E-state index in [1.165, 1.54) is 30.1 Å². The monoisotopic (exact) mass is 542 g/mol. The molecule has 2 aliphatic rings. The Labute approximate surface area is 188 Å². The zero-order chi connectivity index (χ0) is 20.6. The van der Waals surface area contributed by atoms with Crippen LogP contribution in [0.25, 0.3) is 0 Å². The number of nitrogens with one attached hydrogen (secondary N) is 1. The van der Waals surface area contributed by atoms with E-state index >= 15 is 0 Å². The molecule has 0 radical (unpaired) electrons. The van der Waals surface area contributed by atoms with E-state index in [1.807, 2.05) is 0 Å². The zero-order valence-corrected chi connectivity index (χ0v) is 19.1. The Morgan fingerprint density at radius 2 is 2.21 bits per heavy atom. The molecule has 152 valence electrons. The lowest BCUT2D eigenvalue weighted by Crippen LogP contribution is -2.48. The van der Waals surface area contributed by atoms with Crippen molar-refractivity contribution < 1.29 is 13.9 Å². The minimum absolute atomic E-state index is 0.108. The molecule has 0 bridgehead atoms. The quantitative estimate of drug-likeness (QED) is 0.602. The number of aliphatic imine (C=N–C) groups is 1. The number of carbonyl (C=O) groups excluding carboxylic acids is 1. The van der Waals surface area contributed by atoms with Crippen LogP contribution in [0.4, 0.5) is 10.1 Å². The van der Waals surface area contributed by atoms with Crippen LogP contribution in [-0.2, 0) is 10.3 Å². The van der Waals surface area contributed by atoms with Gasteiger partial charge in [-0.1, -0.05) is 11.8 Å². The van der Waals surface area contributed by atoms with Gasteiger partial charge < -0.3 is 15.8 Å². The molecule has 0 unspecified atom stereocenters. The zero-order valence-electron chi connectivity index (χ0n) is 15.1. The molecule has 29 heavy (non-hydrogen) atoms. The Hall–Kier alpha value is -1.49. The Morgan fingerprint density at radius 1 is 1.38 bits per heavy atom. The number of fused-ring (bicyclic) bond motifs is 1. The maximum absolute atomic E-state index is 14.9. The molecule has 1 amide bonds. The predicted octanol–water partition coefficient (Wildman–Crippen LogP) is 4.29. The second-order valence-corrected chi connectivity index (χ2v) is 9.67. The van der Waals surface area contributed by atoms with Gasteiger partial charge in [0.25, 0.3) is 5.91 Å². The number of halogens is 3. The fraction of sp³-hybridized carbons (Fsp3) is 0.316. The summed E-state index contributed by atoms with van der Waals surface area (Å²) in [6, 6.07) is 6.21. The number of pyridine rings is 1. The van der Waals surface area contributed by atoms with Crippen molar-refractivity contribution in [1.82, 2.24) is 4.98 Å². The third kappa shape index (κ3) is 4.08. The molecule has 4 rings (SSSR count). The summed E-state index contributed by atoms with van der Waals surface area (Å²) in [6.07, 6.45) is 2.31. The summed E-state index contributed by atoms with van der Waals surface area (Å²) in [4.78, 5) is 21.4. The van der Waals surface area contributed by atoms with Crippen molar-refractivity contribution >= 4 is 60.4 Å². The summed E-state index contributed by atoms with van der Waals surface area (Å²) in [5.74, 6) is 0.0593. The Bertz CT molecular complexity index is 1010. The molecule has 1 aromatic heterocycles. The average molecular weight is 544 g/mol. The number of anilines is 1. The Balaban J connectivity index is 1.69. The first kappa shape index (κ1) is 20.8. The number of benzene rings is 1. The minimum Gasteiger partial charge on any atom is -0.379 e. The van der Waals surface area contributed by atoms with Crippen LogP contribution >= 0.6 is 43.6 Å². The molecule has 3 heterocycles. The number of amides is 1. The maximum atomic E-state index is 14.9. The number of ether oxygens (including phenoxy) is 1. The van der Waals surface area contributed by atoms with E-state index in [9.17, 15) is 9.18 Å². The standard InChI is InChI=1S/C19H17Br2FN4O2S/c20-11-5-14(21)16(24-7-11)17(27)25-12-1-2-15(22)13(6-12)19-9-28-4-3-10(19)8-29-18(23)26-19/h1-2,5-7,10H,3-4,8-9H2,(H2,23,26)(H,25,27)/t10-,19-/m0/s1. The number of hydrogen-bond donors (Lipinski definition) is 2. The maximum Gasteiger partial charge on any atom is 0.275 e. The number of carbonyl (C=O) groups is 1. The van der Waals surface area contributed by atoms with Crippen LogP contribution in [0.3, 0.4) is 0 Å². The van der Waals surface area contributed by atoms with E-state index in [4.69, 9.17) is 10.5 Å². The summed E-state index contributed by atoms with van der Waals surface area (Å²) in [7, 11) is 0. The summed E-state index contributed by atoms with van der Waals surface area (Å²) in [5, 5.41) is 3.21. The molecule has 0 spiro atoms. The lowest BCUT2D eigenvalue weighted by molar-refractivity contribution is 0.00304. The molecule has 6 nitrogen and oxygen atoms in total. The third-order valence-corrected chi connectivity index (χ3v) is 7.06. The normalized spacial score (nSPS) is 23.8. The van der Waals surface area contributed by atoms with Gasteiger partial charge in [-0.25, -0.2) is 14.4 Å². The van der Waals surface area contributed by atoms with Crippen LogP contribution < -0.4 is 11.1 Å². The first-order valence-electron chi connectivity index (χ1n) is 8.87. The predicted molar refractivity (Wildman–Crippen MR) is 119 cm³/mol. The number of rotatable bonds is 3. The second-order valence-electron chi connectivity index (χ2n) is 6.86. The number of hydrogen-bond acceptors (Lipinski definition) is 6. The van der Waals surface area contributed by atoms with Gasteiger partial charge in [0.2, 0.25) is 0 Å². The van der Waals surface area contributed by atoms with Gasteiger partial charge in [0.05, 0.1) is 11.1 Å². The highest BCUT2D eigenvalue weighted by molar-refractivity contribution is 9.11. The van der Waals surface area contributed by atoms with Crippen LogP contribution in [0, 0.1) is 11.7 Å². The number of aromatic nitrogens is 1. The van der Waals surface area contributed by atoms with Crippen molar-refractivity contribution in [2.75, 3.05) is 24.3 Å². The van der Waals surface area contributed by atoms with E-state index in [2.05, 4.69) is 47.2 Å². The molecule has 1 fully saturated rings. The molecular weight excluding hydrogens is 527 g/mol. The minimum atomic E-state index is -0.880. The van der Waals surface area contributed by atoms with Gasteiger partial charge in [0.1, 0.15) is 17.1 Å². The van der Waals surface area contributed by atoms with Crippen molar-refractivity contribution in [2.24, 2.45) is 16.6 Å². The lowest BCUT2D eigenvalue weighted by atomic mass is 9.76. The van der Waals surface area contributed by atoms with Crippen LogP contribution in [0.1, 0.15) is 22.5 Å². The van der Waals surface area contributed by atoms with Crippen molar-refractivity contribution in [3.05, 3.63) is 56.5 Å². The van der Waals surface area contributed by atoms with Gasteiger partial charge in [0, 0.05) is 40.2 Å². The molecule has 0 aliphatic carbocycles. The molecule has 2 aromatic rings. The highest BCUT2D eigenvalue weighted by Crippen LogP contribution is 2.45. The second kappa shape index (κ2) is 8.33. The van der Waals surface area contributed by atoms with E-state index in [1.54, 1.807) is 12.1 Å². The van der Waals surface area contributed by atoms with Crippen molar-refractivity contribution in [3.63, 3.8) is 0 Å². The Kier molecular flexibility index (Phi) is 5.97. The van der Waals surface area contributed by atoms with Gasteiger partial charge in [0.15, 0.2) is 5.17 Å². The van der Waals surface area contributed by atoms with Gasteiger partial charge in [-0.3, -0.25) is 4.79 Å². The average Bonchev–Trinajstić information content (AvgIpc) is 2.69. The highest BCUT2D eigenvalue weighted by Gasteiger charge is 2.47. The molecule has 0 saturated carbocycles. The topological polar surface area (TPSA) is 89.6 Å². The first-order valence-corrected chi connectivity index (χ1v) is 11.4. The van der Waals surface area contributed by atoms with Gasteiger partial charge in [-0.05, 0) is 62.5 Å². The molecule has 3 N–H and O–H groups in total. The van der Waals surface area contributed by atoms with E-state index in [0.29, 0.717) is 27.5 Å². The summed E-state index contributed by atoms with van der Waals surface area (Å²) in [6.45, 7) is 0.872. The molecule has 1 saturated heterocycles. The fourth-order valence-corrected chi connectivity index (χ4v) is 5.84. The summed E-state index contributed by atoms with van der Waals surface area (Å²) >= 11 is 8.13. The van der Waals surface area contributed by atoms with Crippen molar-refractivity contribution in [1.29, 1.82) is 0 Å². The van der Waals surface area contributed by atoms with E-state index in [-0.39, 0.29) is 18.2 Å². The van der Waals surface area contributed by atoms with Gasteiger partial charge in [-0.2, -0.15) is 0 Å². The smallest absolute Gasteiger partial charge is 0.275 e. The van der Waals surface area contributed by atoms with Crippen LogP contribution in [0.5, 0.6) is 0 Å². The van der Waals surface area contributed by atoms with Crippen molar-refractivity contribution in [3.8, 4) is 0 Å². The lowest BCUT2D eigenvalue weighted by Gasteiger charge is -2.43. The van der Waals surface area contributed by atoms with Gasteiger partial charge in [-0.15, -0.1) is 0 Å². The molecule has 2 atom stereocenters. The van der Waals surface area contributed by atoms with E-state index < -0.39 is 17.3 Å². The number of nitrogens with two attached hydrogens (primary N) is 1. The van der Waals surface area contributed by atoms with Crippen LogP contribution in [-0.4, -0.2) is 35.0 Å². The first-order chi connectivity index (χ1) is 13.9. The largest absolute Gasteiger partial charge is 0.379 e. The van der Waals surface area contributed by atoms with Crippen LogP contribution in [0.15, 0.2) is 44.4 Å². The molecular formula is C19H17Br2FN4O2S. The molecule has 2 aliphatic heterocycles. The summed E-state index contributed by atoms with van der Waals surface area (Å²) in [5.41, 5.74) is 6.17. The summed E-state index contributed by atoms with van der Waals surface area (Å²) < 4.78 is 21.9. The number of nitrogens with zero attached hydrogens (tertiary/aromatic N) is 2. The number of thioether (sulfide) groups is 1. The molecule has 10 heteroatoms. The van der Waals surface area contributed by atoms with Crippen LogP contribution in [0.2, 0.25) is 0 Å².